The topological polar surface area (TPSA) is 20.3 Å². The summed E-state index contributed by atoms with van der Waals surface area (Å²) in [5.41, 5.74) is 2.40. The Morgan fingerprint density at radius 1 is 1.11 bits per heavy atom. The van der Waals surface area contributed by atoms with Crippen molar-refractivity contribution in [1.29, 1.82) is 0 Å². The quantitative estimate of drug-likeness (QED) is 0.777. The first kappa shape index (κ1) is 13.9. The van der Waals surface area contributed by atoms with E-state index in [9.17, 15) is 4.79 Å². The summed E-state index contributed by atoms with van der Waals surface area (Å²) in [4.78, 5) is 12.9. The van der Waals surface area contributed by atoms with Crippen LogP contribution in [0.5, 0.6) is 0 Å². The predicted octanol–water partition coefficient (Wildman–Crippen LogP) is 4.44. The molecule has 0 aromatic heterocycles. The van der Waals surface area contributed by atoms with Gasteiger partial charge in [-0.3, -0.25) is 4.79 Å². The van der Waals surface area contributed by atoms with Gasteiger partial charge in [0, 0.05) is 19.3 Å². The third-order valence-corrected chi connectivity index (χ3v) is 3.51. The van der Waals surface area contributed by atoms with E-state index < -0.39 is 0 Å². The number of carbonyl (C=O) groups excluding carboxylic acids is 1. The first-order chi connectivity index (χ1) is 9.11. The van der Waals surface area contributed by atoms with Crippen molar-refractivity contribution >= 4 is 35.2 Å². The molecule has 2 aromatic rings. The standard InChI is InChI=1S/C15H13Cl2NO/c1-18(9-11-5-3-2-4-6-11)12-7-14(16)13(10-19)15(17)8-12/h2-8,10H,9H2,1H3. The van der Waals surface area contributed by atoms with Gasteiger partial charge in [0.25, 0.3) is 0 Å². The third kappa shape index (κ3) is 3.28. The number of anilines is 1. The monoisotopic (exact) mass is 293 g/mol. The molecule has 19 heavy (non-hydrogen) atoms. The van der Waals surface area contributed by atoms with E-state index in [0.717, 1.165) is 12.2 Å². The maximum Gasteiger partial charge on any atom is 0.153 e. The highest BCUT2D eigenvalue weighted by Crippen LogP contribution is 2.29. The van der Waals surface area contributed by atoms with E-state index in [1.165, 1.54) is 5.56 Å². The Kier molecular flexibility index (Phi) is 4.46. The summed E-state index contributed by atoms with van der Waals surface area (Å²) in [5.74, 6) is 0. The van der Waals surface area contributed by atoms with Crippen LogP contribution in [0.25, 0.3) is 0 Å². The van der Waals surface area contributed by atoms with Crippen LogP contribution in [0, 0.1) is 0 Å². The zero-order valence-corrected chi connectivity index (χ0v) is 11.9. The molecule has 4 heteroatoms. The third-order valence-electron chi connectivity index (χ3n) is 2.89. The van der Waals surface area contributed by atoms with Crippen molar-refractivity contribution in [2.24, 2.45) is 0 Å². The maximum atomic E-state index is 10.8. The molecule has 0 heterocycles. The van der Waals surface area contributed by atoms with Crippen molar-refractivity contribution in [2.75, 3.05) is 11.9 Å². The normalized spacial score (nSPS) is 10.3. The Labute approximate surface area is 122 Å². The van der Waals surface area contributed by atoms with Gasteiger partial charge in [0.2, 0.25) is 0 Å². The van der Waals surface area contributed by atoms with Crippen LogP contribution in [0.4, 0.5) is 5.69 Å². The number of halogens is 2. The molecule has 0 atom stereocenters. The summed E-state index contributed by atoms with van der Waals surface area (Å²) in [6, 6.07) is 13.6. The highest BCUT2D eigenvalue weighted by Gasteiger charge is 2.10. The van der Waals surface area contributed by atoms with Gasteiger partial charge in [0.1, 0.15) is 0 Å². The number of aldehydes is 1. The van der Waals surface area contributed by atoms with Crippen molar-refractivity contribution in [1.82, 2.24) is 0 Å². The lowest BCUT2D eigenvalue weighted by Gasteiger charge is -2.20. The summed E-state index contributed by atoms with van der Waals surface area (Å²) >= 11 is 12.1. The van der Waals surface area contributed by atoms with Crippen molar-refractivity contribution in [3.8, 4) is 0 Å². The lowest BCUT2D eigenvalue weighted by Crippen LogP contribution is -2.16. The minimum Gasteiger partial charge on any atom is -0.370 e. The van der Waals surface area contributed by atoms with Crippen molar-refractivity contribution < 1.29 is 4.79 Å². The summed E-state index contributed by atoms with van der Waals surface area (Å²) in [7, 11) is 1.95. The van der Waals surface area contributed by atoms with Gasteiger partial charge < -0.3 is 4.90 Å². The molecule has 0 bridgehead atoms. The summed E-state index contributed by atoms with van der Waals surface area (Å²) in [6.45, 7) is 0.744. The second-order valence-electron chi connectivity index (χ2n) is 4.28. The number of rotatable bonds is 4. The largest absolute Gasteiger partial charge is 0.370 e. The lowest BCUT2D eigenvalue weighted by molar-refractivity contribution is 0.112. The van der Waals surface area contributed by atoms with E-state index in [2.05, 4.69) is 12.1 Å². The van der Waals surface area contributed by atoms with E-state index in [1.54, 1.807) is 12.1 Å². The van der Waals surface area contributed by atoms with E-state index >= 15 is 0 Å². The van der Waals surface area contributed by atoms with E-state index in [-0.39, 0.29) is 0 Å². The number of benzene rings is 2. The molecule has 98 valence electrons. The van der Waals surface area contributed by atoms with Gasteiger partial charge in [-0.15, -0.1) is 0 Å². The highest BCUT2D eigenvalue weighted by molar-refractivity contribution is 6.38. The van der Waals surface area contributed by atoms with Crippen LogP contribution in [-0.2, 0) is 6.54 Å². The fourth-order valence-corrected chi connectivity index (χ4v) is 2.42. The van der Waals surface area contributed by atoms with Crippen LogP contribution in [0.2, 0.25) is 10.0 Å². The fraction of sp³-hybridized carbons (Fsp3) is 0.133. The van der Waals surface area contributed by atoms with E-state index in [1.807, 2.05) is 30.1 Å². The highest BCUT2D eigenvalue weighted by atomic mass is 35.5. The molecule has 0 saturated carbocycles. The number of hydrogen-bond acceptors (Lipinski definition) is 2. The second-order valence-corrected chi connectivity index (χ2v) is 5.10. The molecule has 2 rings (SSSR count). The summed E-state index contributed by atoms with van der Waals surface area (Å²) in [5, 5.41) is 0.745. The van der Waals surface area contributed by atoms with Crippen LogP contribution in [-0.4, -0.2) is 13.3 Å². The Balaban J connectivity index is 2.25. The number of carbonyl (C=O) groups is 1. The molecule has 0 saturated heterocycles. The number of hydrogen-bond donors (Lipinski definition) is 0. The molecule has 0 radical (unpaired) electrons. The van der Waals surface area contributed by atoms with Gasteiger partial charge in [0.15, 0.2) is 6.29 Å². The summed E-state index contributed by atoms with van der Waals surface area (Å²) < 4.78 is 0. The first-order valence-electron chi connectivity index (χ1n) is 5.81. The molecule has 0 amide bonds. The molecular weight excluding hydrogens is 281 g/mol. The molecule has 0 aliphatic carbocycles. The Bertz CT molecular complexity index is 561. The molecule has 0 spiro atoms. The van der Waals surface area contributed by atoms with Gasteiger partial charge >= 0.3 is 0 Å². The molecule has 0 unspecified atom stereocenters. The van der Waals surface area contributed by atoms with Crippen LogP contribution in [0.3, 0.4) is 0 Å². The zero-order chi connectivity index (χ0) is 13.8. The lowest BCUT2D eigenvalue weighted by atomic mass is 10.1. The fourth-order valence-electron chi connectivity index (χ4n) is 1.85. The maximum absolute atomic E-state index is 10.8. The molecule has 0 fully saturated rings. The minimum absolute atomic E-state index is 0.334. The van der Waals surface area contributed by atoms with Crippen LogP contribution < -0.4 is 4.90 Å². The molecule has 2 nitrogen and oxygen atoms in total. The average Bonchev–Trinajstić information content (AvgIpc) is 2.39. The molecule has 2 aromatic carbocycles. The SMILES string of the molecule is CN(Cc1ccccc1)c1cc(Cl)c(C=O)c(Cl)c1. The average molecular weight is 294 g/mol. The van der Waals surface area contributed by atoms with Crippen molar-refractivity contribution in [2.45, 2.75) is 6.54 Å². The molecule has 0 N–H and O–H groups in total. The number of nitrogens with zero attached hydrogens (tertiary/aromatic N) is 1. The predicted molar refractivity (Wildman–Crippen MR) is 80.4 cm³/mol. The second kappa shape index (κ2) is 6.09. The van der Waals surface area contributed by atoms with Gasteiger partial charge in [-0.1, -0.05) is 53.5 Å². The Morgan fingerprint density at radius 2 is 1.68 bits per heavy atom. The summed E-state index contributed by atoms with van der Waals surface area (Å²) in [6.07, 6.45) is 0.672. The molecular formula is C15H13Cl2NO. The molecule has 0 aliphatic rings. The van der Waals surface area contributed by atoms with Gasteiger partial charge in [0.05, 0.1) is 15.6 Å². The zero-order valence-electron chi connectivity index (χ0n) is 10.4. The Hall–Kier alpha value is -1.51. The van der Waals surface area contributed by atoms with Gasteiger partial charge in [-0.25, -0.2) is 0 Å². The first-order valence-corrected chi connectivity index (χ1v) is 6.56. The van der Waals surface area contributed by atoms with Crippen LogP contribution in [0.1, 0.15) is 15.9 Å². The van der Waals surface area contributed by atoms with Crippen molar-refractivity contribution in [3.05, 3.63) is 63.6 Å². The van der Waals surface area contributed by atoms with Gasteiger partial charge in [-0.2, -0.15) is 0 Å². The molecule has 0 aliphatic heterocycles. The smallest absolute Gasteiger partial charge is 0.153 e. The van der Waals surface area contributed by atoms with Crippen LogP contribution >= 0.6 is 23.2 Å². The van der Waals surface area contributed by atoms with E-state index in [4.69, 9.17) is 23.2 Å². The van der Waals surface area contributed by atoms with Crippen molar-refractivity contribution in [3.63, 3.8) is 0 Å². The van der Waals surface area contributed by atoms with E-state index in [0.29, 0.717) is 21.9 Å². The Morgan fingerprint density at radius 3 is 2.21 bits per heavy atom. The van der Waals surface area contributed by atoms with Gasteiger partial charge in [-0.05, 0) is 17.7 Å². The minimum atomic E-state index is 0.334. The van der Waals surface area contributed by atoms with Crippen LogP contribution in [0.15, 0.2) is 42.5 Å².